The summed E-state index contributed by atoms with van der Waals surface area (Å²) in [5.41, 5.74) is 0.529. The van der Waals surface area contributed by atoms with Gasteiger partial charge in [0.05, 0.1) is 0 Å². The number of urea groups is 1. The second-order valence-electron chi connectivity index (χ2n) is 4.43. The molecule has 0 heterocycles. The van der Waals surface area contributed by atoms with Crippen LogP contribution < -0.4 is 15.4 Å². The van der Waals surface area contributed by atoms with Gasteiger partial charge in [0, 0.05) is 44.3 Å². The summed E-state index contributed by atoms with van der Waals surface area (Å²) in [4.78, 5) is 12.7. The number of rotatable bonds is 7. The predicted octanol–water partition coefficient (Wildman–Crippen LogP) is 2.30. The Balaban J connectivity index is 2.44. The van der Waals surface area contributed by atoms with Gasteiger partial charge in [0.15, 0.2) is 0 Å². The molecule has 0 aliphatic rings. The second kappa shape index (κ2) is 8.63. The number of carbonyl (C=O) groups excluding carboxylic acids is 1. The predicted molar refractivity (Wildman–Crippen MR) is 76.9 cm³/mol. The molecule has 1 aromatic carbocycles. The average Bonchev–Trinajstić information content (AvgIpc) is 2.40. The van der Waals surface area contributed by atoms with Gasteiger partial charge in [-0.05, 0) is 18.2 Å². The van der Waals surface area contributed by atoms with Gasteiger partial charge in [0.2, 0.25) is 0 Å². The van der Waals surface area contributed by atoms with Crippen LogP contribution in [0.4, 0.5) is 13.6 Å². The summed E-state index contributed by atoms with van der Waals surface area (Å²) in [6, 6.07) is 4.26. The van der Waals surface area contributed by atoms with E-state index in [0.29, 0.717) is 30.2 Å². The van der Waals surface area contributed by atoms with Crippen molar-refractivity contribution < 1.29 is 18.3 Å². The first-order valence-corrected chi connectivity index (χ1v) is 6.67. The molecule has 0 aliphatic carbocycles. The third kappa shape index (κ3) is 6.59. The average molecular weight is 322 g/mol. The first-order valence-electron chi connectivity index (χ1n) is 6.29. The van der Waals surface area contributed by atoms with Crippen molar-refractivity contribution in [2.75, 3.05) is 27.2 Å². The van der Waals surface area contributed by atoms with Crippen LogP contribution in [0.15, 0.2) is 18.2 Å². The minimum atomic E-state index is -2.88. The van der Waals surface area contributed by atoms with Crippen LogP contribution in [0.3, 0.4) is 0 Å². The third-order valence-electron chi connectivity index (χ3n) is 2.54. The molecule has 0 bridgehead atoms. The lowest BCUT2D eigenvalue weighted by Crippen LogP contribution is -2.38. The van der Waals surface area contributed by atoms with Gasteiger partial charge in [-0.3, -0.25) is 0 Å². The number of halogens is 3. The van der Waals surface area contributed by atoms with Crippen molar-refractivity contribution in [2.45, 2.75) is 13.2 Å². The highest BCUT2D eigenvalue weighted by molar-refractivity contribution is 6.30. The molecule has 0 radical (unpaired) electrons. The highest BCUT2D eigenvalue weighted by Gasteiger charge is 2.10. The van der Waals surface area contributed by atoms with E-state index >= 15 is 0 Å². The van der Waals surface area contributed by atoms with Crippen LogP contribution in [-0.2, 0) is 6.54 Å². The Kier molecular flexibility index (Phi) is 7.18. The molecule has 8 heteroatoms. The molecule has 2 amide bonds. The van der Waals surface area contributed by atoms with Crippen molar-refractivity contribution in [2.24, 2.45) is 0 Å². The Morgan fingerprint density at radius 3 is 2.71 bits per heavy atom. The number of ether oxygens (including phenoxy) is 1. The largest absolute Gasteiger partial charge is 0.434 e. The quantitative estimate of drug-likeness (QED) is 0.758. The summed E-state index contributed by atoms with van der Waals surface area (Å²) in [5, 5.41) is 6.13. The maximum Gasteiger partial charge on any atom is 0.387 e. The number of hydrogen-bond acceptors (Lipinski definition) is 3. The number of hydrogen-bond donors (Lipinski definition) is 2. The normalized spacial score (nSPS) is 10.6. The second-order valence-corrected chi connectivity index (χ2v) is 4.87. The number of nitrogens with one attached hydrogen (secondary N) is 2. The lowest BCUT2D eigenvalue weighted by atomic mass is 10.2. The summed E-state index contributed by atoms with van der Waals surface area (Å²) in [6.45, 7) is -1.67. The zero-order chi connectivity index (χ0) is 15.8. The molecule has 0 unspecified atom stereocenters. The molecule has 118 valence electrons. The minimum Gasteiger partial charge on any atom is -0.434 e. The van der Waals surface area contributed by atoms with Crippen molar-refractivity contribution in [3.8, 4) is 5.75 Å². The van der Waals surface area contributed by atoms with Crippen LogP contribution in [0.5, 0.6) is 5.75 Å². The summed E-state index contributed by atoms with van der Waals surface area (Å²) in [6.07, 6.45) is 0. The SMILES string of the molecule is CN(C)C(=O)NCCNCc1cc(Cl)ccc1OC(F)F. The van der Waals surface area contributed by atoms with Crippen molar-refractivity contribution in [3.63, 3.8) is 0 Å². The Bertz CT molecular complexity index is 473. The molecule has 1 rings (SSSR count). The molecule has 21 heavy (non-hydrogen) atoms. The summed E-state index contributed by atoms with van der Waals surface area (Å²) < 4.78 is 29.0. The maximum atomic E-state index is 12.3. The summed E-state index contributed by atoms with van der Waals surface area (Å²) in [7, 11) is 3.28. The van der Waals surface area contributed by atoms with Gasteiger partial charge < -0.3 is 20.3 Å². The van der Waals surface area contributed by atoms with Gasteiger partial charge in [0.1, 0.15) is 5.75 Å². The molecule has 0 aliphatic heterocycles. The van der Waals surface area contributed by atoms with E-state index in [4.69, 9.17) is 11.6 Å². The van der Waals surface area contributed by atoms with E-state index in [9.17, 15) is 13.6 Å². The first kappa shape index (κ1) is 17.5. The maximum absolute atomic E-state index is 12.3. The van der Waals surface area contributed by atoms with Gasteiger partial charge in [-0.25, -0.2) is 4.79 Å². The number of carbonyl (C=O) groups is 1. The molecule has 0 saturated heterocycles. The smallest absolute Gasteiger partial charge is 0.387 e. The molecule has 0 saturated carbocycles. The lowest BCUT2D eigenvalue weighted by molar-refractivity contribution is -0.0504. The third-order valence-corrected chi connectivity index (χ3v) is 2.77. The highest BCUT2D eigenvalue weighted by Crippen LogP contribution is 2.24. The van der Waals surface area contributed by atoms with Crippen LogP contribution in [0.2, 0.25) is 5.02 Å². The minimum absolute atomic E-state index is 0.0826. The first-order chi connectivity index (χ1) is 9.90. The Morgan fingerprint density at radius 2 is 2.10 bits per heavy atom. The zero-order valence-corrected chi connectivity index (χ0v) is 12.6. The van der Waals surface area contributed by atoms with Gasteiger partial charge in [-0.15, -0.1) is 0 Å². The molecule has 0 atom stereocenters. The van der Waals surface area contributed by atoms with E-state index in [1.165, 1.54) is 17.0 Å². The molecule has 5 nitrogen and oxygen atoms in total. The number of alkyl halides is 2. The van der Waals surface area contributed by atoms with Crippen LogP contribution in [0, 0.1) is 0 Å². The van der Waals surface area contributed by atoms with Crippen LogP contribution >= 0.6 is 11.6 Å². The number of amides is 2. The van der Waals surface area contributed by atoms with E-state index in [2.05, 4.69) is 15.4 Å². The van der Waals surface area contributed by atoms with E-state index in [0.717, 1.165) is 0 Å². The van der Waals surface area contributed by atoms with Gasteiger partial charge >= 0.3 is 12.6 Å². The molecule has 0 fully saturated rings. The fourth-order valence-corrected chi connectivity index (χ4v) is 1.73. The van der Waals surface area contributed by atoms with Crippen molar-refractivity contribution >= 4 is 17.6 Å². The zero-order valence-electron chi connectivity index (χ0n) is 11.8. The molecule has 1 aromatic rings. The van der Waals surface area contributed by atoms with Gasteiger partial charge in [-0.1, -0.05) is 11.6 Å². The van der Waals surface area contributed by atoms with Gasteiger partial charge in [-0.2, -0.15) is 8.78 Å². The summed E-state index contributed by atoms with van der Waals surface area (Å²) >= 11 is 5.84. The topological polar surface area (TPSA) is 53.6 Å². The Morgan fingerprint density at radius 1 is 1.38 bits per heavy atom. The van der Waals surface area contributed by atoms with Crippen molar-refractivity contribution in [3.05, 3.63) is 28.8 Å². The van der Waals surface area contributed by atoms with E-state index in [1.807, 2.05) is 0 Å². The monoisotopic (exact) mass is 321 g/mol. The van der Waals surface area contributed by atoms with Crippen molar-refractivity contribution in [1.82, 2.24) is 15.5 Å². The molecular weight excluding hydrogens is 304 g/mol. The Labute approximate surface area is 127 Å². The lowest BCUT2D eigenvalue weighted by Gasteiger charge is -2.14. The molecule has 0 spiro atoms. The van der Waals surface area contributed by atoms with E-state index in [-0.39, 0.29) is 11.8 Å². The fourth-order valence-electron chi connectivity index (χ4n) is 1.54. The van der Waals surface area contributed by atoms with Crippen molar-refractivity contribution in [1.29, 1.82) is 0 Å². The van der Waals surface area contributed by atoms with E-state index in [1.54, 1.807) is 20.2 Å². The fraction of sp³-hybridized carbons (Fsp3) is 0.462. The van der Waals surface area contributed by atoms with Gasteiger partial charge in [0.25, 0.3) is 0 Å². The highest BCUT2D eigenvalue weighted by atomic mass is 35.5. The standard InChI is InChI=1S/C13H18ClF2N3O2/c1-19(2)13(20)18-6-5-17-8-9-7-10(14)3-4-11(9)21-12(15)16/h3-4,7,12,17H,5-6,8H2,1-2H3,(H,18,20). The van der Waals surface area contributed by atoms with Crippen LogP contribution in [0.1, 0.15) is 5.56 Å². The number of nitrogens with zero attached hydrogens (tertiary/aromatic N) is 1. The molecule has 0 aromatic heterocycles. The van der Waals surface area contributed by atoms with E-state index < -0.39 is 6.61 Å². The molecular formula is C13H18ClF2N3O2. The Hall–Kier alpha value is -1.60. The number of benzene rings is 1. The molecule has 2 N–H and O–H groups in total. The van der Waals surface area contributed by atoms with Crippen LogP contribution in [0.25, 0.3) is 0 Å². The summed E-state index contributed by atoms with van der Waals surface area (Å²) in [5.74, 6) is 0.0826. The van der Waals surface area contributed by atoms with Crippen LogP contribution in [-0.4, -0.2) is 44.7 Å².